The van der Waals surface area contributed by atoms with Gasteiger partial charge in [0.1, 0.15) is 6.54 Å². The first-order valence-corrected chi connectivity index (χ1v) is 6.61. The van der Waals surface area contributed by atoms with Gasteiger partial charge in [-0.15, -0.1) is 0 Å². The van der Waals surface area contributed by atoms with Crippen LogP contribution in [0.1, 0.15) is 19.8 Å². The first-order valence-electron chi connectivity index (χ1n) is 6.61. The summed E-state index contributed by atoms with van der Waals surface area (Å²) in [7, 11) is 0. The van der Waals surface area contributed by atoms with Crippen LogP contribution in [0.3, 0.4) is 0 Å². The van der Waals surface area contributed by atoms with Gasteiger partial charge in [-0.25, -0.2) is 13.2 Å². The summed E-state index contributed by atoms with van der Waals surface area (Å²) in [5.74, 6) is -5.43. The van der Waals surface area contributed by atoms with E-state index in [2.05, 4.69) is 0 Å². The van der Waals surface area contributed by atoms with Crippen molar-refractivity contribution < 1.29 is 22.8 Å². The SMILES string of the molecule is CC(=O)N(CC(=O)N1CCCC1)c1ccc(F)c(F)c1F. The Morgan fingerprint density at radius 2 is 1.76 bits per heavy atom. The molecular formula is C14H15F3N2O2. The highest BCUT2D eigenvalue weighted by Gasteiger charge is 2.26. The molecule has 0 aromatic heterocycles. The minimum absolute atomic E-state index is 0.341. The minimum atomic E-state index is -1.66. The van der Waals surface area contributed by atoms with Crippen LogP contribution in [0.4, 0.5) is 18.9 Å². The van der Waals surface area contributed by atoms with Gasteiger partial charge in [0.2, 0.25) is 11.8 Å². The zero-order valence-electron chi connectivity index (χ0n) is 11.5. The quantitative estimate of drug-likeness (QED) is 0.802. The van der Waals surface area contributed by atoms with E-state index in [0.717, 1.165) is 36.8 Å². The Morgan fingerprint density at radius 3 is 2.33 bits per heavy atom. The van der Waals surface area contributed by atoms with Crippen LogP contribution in [0.5, 0.6) is 0 Å². The maximum atomic E-state index is 13.8. The van der Waals surface area contributed by atoms with Crippen LogP contribution in [0.2, 0.25) is 0 Å². The normalized spacial score (nSPS) is 14.4. The maximum absolute atomic E-state index is 13.8. The smallest absolute Gasteiger partial charge is 0.242 e. The van der Waals surface area contributed by atoms with E-state index in [9.17, 15) is 22.8 Å². The van der Waals surface area contributed by atoms with Crippen molar-refractivity contribution in [2.24, 2.45) is 0 Å². The van der Waals surface area contributed by atoms with Crippen molar-refractivity contribution in [3.05, 3.63) is 29.6 Å². The van der Waals surface area contributed by atoms with E-state index in [0.29, 0.717) is 13.1 Å². The molecule has 0 saturated carbocycles. The van der Waals surface area contributed by atoms with E-state index in [1.54, 1.807) is 4.90 Å². The molecule has 1 aliphatic heterocycles. The molecule has 0 atom stereocenters. The predicted octanol–water partition coefficient (Wildman–Crippen LogP) is 2.08. The van der Waals surface area contributed by atoms with E-state index in [4.69, 9.17) is 0 Å². The Morgan fingerprint density at radius 1 is 1.14 bits per heavy atom. The lowest BCUT2D eigenvalue weighted by molar-refractivity contribution is -0.130. The summed E-state index contributed by atoms with van der Waals surface area (Å²) < 4.78 is 40.0. The van der Waals surface area contributed by atoms with Crippen molar-refractivity contribution in [1.29, 1.82) is 0 Å². The first-order chi connectivity index (χ1) is 9.91. The van der Waals surface area contributed by atoms with Gasteiger partial charge in [0.25, 0.3) is 0 Å². The Labute approximate surface area is 120 Å². The number of hydrogen-bond acceptors (Lipinski definition) is 2. The summed E-state index contributed by atoms with van der Waals surface area (Å²) in [5, 5.41) is 0. The molecule has 1 aromatic carbocycles. The zero-order valence-corrected chi connectivity index (χ0v) is 11.5. The summed E-state index contributed by atoms with van der Waals surface area (Å²) in [6.45, 7) is 1.92. The minimum Gasteiger partial charge on any atom is -0.341 e. The number of carbonyl (C=O) groups is 2. The van der Waals surface area contributed by atoms with Gasteiger partial charge in [-0.3, -0.25) is 9.59 Å². The second kappa shape index (κ2) is 6.15. The summed E-state index contributed by atoms with van der Waals surface area (Å²) in [6, 6.07) is 1.68. The molecule has 0 N–H and O–H groups in total. The van der Waals surface area contributed by atoms with Crippen molar-refractivity contribution in [1.82, 2.24) is 4.90 Å². The Balaban J connectivity index is 2.25. The van der Waals surface area contributed by atoms with E-state index in [-0.39, 0.29) is 5.91 Å². The van der Waals surface area contributed by atoms with Crippen LogP contribution < -0.4 is 4.90 Å². The second-order valence-corrected chi connectivity index (χ2v) is 4.89. The molecule has 1 fully saturated rings. The predicted molar refractivity (Wildman–Crippen MR) is 70.2 cm³/mol. The van der Waals surface area contributed by atoms with E-state index < -0.39 is 35.6 Å². The molecular weight excluding hydrogens is 285 g/mol. The first kappa shape index (κ1) is 15.3. The lowest BCUT2D eigenvalue weighted by Crippen LogP contribution is -2.41. The van der Waals surface area contributed by atoms with Gasteiger partial charge >= 0.3 is 0 Å². The fraction of sp³-hybridized carbons (Fsp3) is 0.429. The molecule has 0 spiro atoms. The molecule has 0 aliphatic carbocycles. The van der Waals surface area contributed by atoms with Crippen LogP contribution in [0.15, 0.2) is 12.1 Å². The molecule has 1 heterocycles. The van der Waals surface area contributed by atoms with Gasteiger partial charge in [-0.2, -0.15) is 0 Å². The molecule has 2 amide bonds. The fourth-order valence-electron chi connectivity index (χ4n) is 2.29. The third kappa shape index (κ3) is 3.17. The van der Waals surface area contributed by atoms with Crippen LogP contribution >= 0.6 is 0 Å². The van der Waals surface area contributed by atoms with Gasteiger partial charge in [0.05, 0.1) is 5.69 Å². The third-order valence-corrected chi connectivity index (χ3v) is 3.44. The molecule has 1 aromatic rings. The van der Waals surface area contributed by atoms with E-state index in [1.165, 1.54) is 0 Å². The lowest BCUT2D eigenvalue weighted by Gasteiger charge is -2.24. The Bertz CT molecular complexity index is 572. The van der Waals surface area contributed by atoms with Gasteiger partial charge in [-0.05, 0) is 25.0 Å². The van der Waals surface area contributed by atoms with E-state index in [1.807, 2.05) is 0 Å². The number of halogens is 3. The fourth-order valence-corrected chi connectivity index (χ4v) is 2.29. The maximum Gasteiger partial charge on any atom is 0.242 e. The summed E-state index contributed by atoms with van der Waals surface area (Å²) in [6.07, 6.45) is 1.76. The number of benzene rings is 1. The number of rotatable bonds is 3. The zero-order chi connectivity index (χ0) is 15.6. The molecule has 0 bridgehead atoms. The van der Waals surface area contributed by atoms with Crippen LogP contribution in [0.25, 0.3) is 0 Å². The molecule has 4 nitrogen and oxygen atoms in total. The third-order valence-electron chi connectivity index (χ3n) is 3.44. The molecule has 114 valence electrons. The summed E-state index contributed by atoms with van der Waals surface area (Å²) in [4.78, 5) is 26.0. The Hall–Kier alpha value is -2.05. The average Bonchev–Trinajstić information content (AvgIpc) is 2.97. The lowest BCUT2D eigenvalue weighted by atomic mass is 10.2. The van der Waals surface area contributed by atoms with Gasteiger partial charge < -0.3 is 9.80 Å². The highest BCUT2D eigenvalue weighted by atomic mass is 19.2. The number of carbonyl (C=O) groups excluding carboxylic acids is 2. The van der Waals surface area contributed by atoms with Crippen LogP contribution in [0, 0.1) is 17.5 Å². The Kier molecular flexibility index (Phi) is 4.50. The van der Waals surface area contributed by atoms with Crippen molar-refractivity contribution >= 4 is 17.5 Å². The number of hydrogen-bond donors (Lipinski definition) is 0. The summed E-state index contributed by atoms with van der Waals surface area (Å²) in [5.41, 5.74) is -0.436. The average molecular weight is 300 g/mol. The molecule has 1 aliphatic rings. The molecule has 21 heavy (non-hydrogen) atoms. The van der Waals surface area contributed by atoms with Gasteiger partial charge in [0, 0.05) is 20.0 Å². The number of likely N-dealkylation sites (tertiary alicyclic amines) is 1. The molecule has 7 heteroatoms. The highest BCUT2D eigenvalue weighted by molar-refractivity contribution is 5.97. The molecule has 0 radical (unpaired) electrons. The van der Waals surface area contributed by atoms with Crippen molar-refractivity contribution in [3.63, 3.8) is 0 Å². The van der Waals surface area contributed by atoms with Gasteiger partial charge in [-0.1, -0.05) is 0 Å². The standard InChI is InChI=1S/C14H15F3N2O2/c1-9(20)19(8-12(21)18-6-2-3-7-18)11-5-4-10(15)13(16)14(11)17/h4-5H,2-3,6-8H2,1H3. The van der Waals surface area contributed by atoms with Crippen LogP contribution in [-0.2, 0) is 9.59 Å². The second-order valence-electron chi connectivity index (χ2n) is 4.89. The number of amides is 2. The van der Waals surface area contributed by atoms with Gasteiger partial charge in [0.15, 0.2) is 17.5 Å². The van der Waals surface area contributed by atoms with E-state index >= 15 is 0 Å². The largest absolute Gasteiger partial charge is 0.341 e. The number of nitrogens with zero attached hydrogens (tertiary/aromatic N) is 2. The van der Waals surface area contributed by atoms with Crippen LogP contribution in [-0.4, -0.2) is 36.3 Å². The topological polar surface area (TPSA) is 40.6 Å². The molecule has 1 saturated heterocycles. The monoisotopic (exact) mass is 300 g/mol. The summed E-state index contributed by atoms with van der Waals surface area (Å²) >= 11 is 0. The molecule has 2 rings (SSSR count). The van der Waals surface area contributed by atoms with Crippen molar-refractivity contribution in [2.45, 2.75) is 19.8 Å². The number of anilines is 1. The molecule has 0 unspecified atom stereocenters. The highest BCUT2D eigenvalue weighted by Crippen LogP contribution is 2.24. The van der Waals surface area contributed by atoms with Crippen molar-refractivity contribution in [2.75, 3.05) is 24.5 Å². The van der Waals surface area contributed by atoms with Crippen molar-refractivity contribution in [3.8, 4) is 0 Å².